The highest BCUT2D eigenvalue weighted by Gasteiger charge is 2.68. The van der Waals surface area contributed by atoms with Crippen molar-refractivity contribution in [2.45, 2.75) is 65.0 Å². The van der Waals surface area contributed by atoms with Crippen LogP contribution in [0.1, 0.15) is 53.4 Å². The zero-order chi connectivity index (χ0) is 15.3. The second-order valence-electron chi connectivity index (χ2n) is 8.51. The summed E-state index contributed by atoms with van der Waals surface area (Å²) >= 11 is 0. The predicted octanol–water partition coefficient (Wildman–Crippen LogP) is 2.48. The number of nitrogens with two attached hydrogens (primary N) is 1. The molecule has 4 heteroatoms. The molecule has 0 aromatic heterocycles. The first-order valence-electron chi connectivity index (χ1n) is 8.52. The summed E-state index contributed by atoms with van der Waals surface area (Å²) in [5.41, 5.74) is 3.97. The largest absolute Gasteiger partial charge is 0.381 e. The monoisotopic (exact) mass is 296 g/mol. The second kappa shape index (κ2) is 5.19. The molecule has 0 radical (unpaired) electrons. The Morgan fingerprint density at radius 3 is 2.19 bits per heavy atom. The van der Waals surface area contributed by atoms with Gasteiger partial charge in [0, 0.05) is 25.9 Å². The summed E-state index contributed by atoms with van der Waals surface area (Å²) in [7, 11) is 0. The van der Waals surface area contributed by atoms with E-state index < -0.39 is 0 Å². The number of hydrogen-bond donors (Lipinski definition) is 2. The van der Waals surface area contributed by atoms with Gasteiger partial charge < -0.3 is 9.47 Å². The summed E-state index contributed by atoms with van der Waals surface area (Å²) in [6, 6.07) is 0.401. The van der Waals surface area contributed by atoms with Gasteiger partial charge in [0.2, 0.25) is 0 Å². The van der Waals surface area contributed by atoms with Crippen molar-refractivity contribution in [2.75, 3.05) is 19.8 Å². The molecule has 0 amide bonds. The van der Waals surface area contributed by atoms with Crippen molar-refractivity contribution in [3.8, 4) is 0 Å². The first-order valence-corrected chi connectivity index (χ1v) is 8.52. The van der Waals surface area contributed by atoms with Crippen molar-refractivity contribution in [1.29, 1.82) is 0 Å². The summed E-state index contributed by atoms with van der Waals surface area (Å²) < 4.78 is 11.7. The Morgan fingerprint density at radius 1 is 1.05 bits per heavy atom. The lowest BCUT2D eigenvalue weighted by molar-refractivity contribution is -0.151. The molecule has 2 heterocycles. The van der Waals surface area contributed by atoms with E-state index >= 15 is 0 Å². The third-order valence-corrected chi connectivity index (χ3v) is 7.13. The number of ether oxygens (including phenoxy) is 2. The normalized spacial score (nSPS) is 35.6. The van der Waals surface area contributed by atoms with Crippen molar-refractivity contribution >= 4 is 0 Å². The fourth-order valence-corrected chi connectivity index (χ4v) is 5.11. The zero-order valence-electron chi connectivity index (χ0n) is 14.1. The van der Waals surface area contributed by atoms with Gasteiger partial charge in [0.15, 0.2) is 0 Å². The van der Waals surface area contributed by atoms with E-state index in [-0.39, 0.29) is 5.60 Å². The molecule has 4 nitrogen and oxygen atoms in total. The van der Waals surface area contributed by atoms with Gasteiger partial charge in [-0.2, -0.15) is 0 Å². The van der Waals surface area contributed by atoms with E-state index in [1.807, 2.05) is 0 Å². The van der Waals surface area contributed by atoms with Gasteiger partial charge in [0.25, 0.3) is 0 Å². The molecule has 0 bridgehead atoms. The van der Waals surface area contributed by atoms with Gasteiger partial charge in [-0.05, 0) is 48.3 Å². The minimum absolute atomic E-state index is 0.0550. The van der Waals surface area contributed by atoms with Crippen LogP contribution in [-0.2, 0) is 9.47 Å². The lowest BCUT2D eigenvalue weighted by Gasteiger charge is -2.45. The van der Waals surface area contributed by atoms with Gasteiger partial charge in [-0.25, -0.2) is 0 Å². The highest BCUT2D eigenvalue weighted by molar-refractivity contribution is 5.17. The van der Waals surface area contributed by atoms with Crippen LogP contribution in [0.3, 0.4) is 0 Å². The van der Waals surface area contributed by atoms with Crippen LogP contribution in [0.25, 0.3) is 0 Å². The van der Waals surface area contributed by atoms with Crippen molar-refractivity contribution in [2.24, 2.45) is 28.5 Å². The molecule has 122 valence electrons. The van der Waals surface area contributed by atoms with Crippen molar-refractivity contribution in [1.82, 2.24) is 5.43 Å². The standard InChI is InChI=1S/C17H32N2O2/c1-15(2)14(16(15,3)4)13(19-18)12-5-8-21-17(11-12)6-9-20-10-7-17/h12-14,19H,5-11,18H2,1-4H3. The van der Waals surface area contributed by atoms with Crippen LogP contribution >= 0.6 is 0 Å². The smallest absolute Gasteiger partial charge is 0.0729 e. The lowest BCUT2D eigenvalue weighted by atomic mass is 9.76. The Hall–Kier alpha value is -0.160. The number of hydrogen-bond acceptors (Lipinski definition) is 4. The maximum absolute atomic E-state index is 6.19. The Bertz CT molecular complexity index is 369. The van der Waals surface area contributed by atoms with E-state index in [1.165, 1.54) is 0 Å². The molecule has 21 heavy (non-hydrogen) atoms. The predicted molar refractivity (Wildman–Crippen MR) is 83.6 cm³/mol. The van der Waals surface area contributed by atoms with E-state index in [4.69, 9.17) is 15.3 Å². The number of hydrazine groups is 1. The van der Waals surface area contributed by atoms with E-state index in [2.05, 4.69) is 33.1 Å². The molecule has 1 saturated carbocycles. The Balaban J connectivity index is 1.73. The average Bonchev–Trinajstić information content (AvgIpc) is 2.84. The molecule has 2 aliphatic heterocycles. The van der Waals surface area contributed by atoms with Crippen molar-refractivity contribution in [3.05, 3.63) is 0 Å². The van der Waals surface area contributed by atoms with Gasteiger partial charge in [-0.3, -0.25) is 11.3 Å². The van der Waals surface area contributed by atoms with Crippen LogP contribution in [0.4, 0.5) is 0 Å². The molecular weight excluding hydrogens is 264 g/mol. The molecule has 2 atom stereocenters. The molecule has 3 N–H and O–H groups in total. The van der Waals surface area contributed by atoms with E-state index in [0.29, 0.717) is 28.7 Å². The zero-order valence-corrected chi connectivity index (χ0v) is 14.1. The maximum Gasteiger partial charge on any atom is 0.0729 e. The molecule has 2 saturated heterocycles. The van der Waals surface area contributed by atoms with Crippen LogP contribution in [0.5, 0.6) is 0 Å². The van der Waals surface area contributed by atoms with Crippen LogP contribution < -0.4 is 11.3 Å². The van der Waals surface area contributed by atoms with Crippen molar-refractivity contribution < 1.29 is 9.47 Å². The third-order valence-electron chi connectivity index (χ3n) is 7.13. The van der Waals surface area contributed by atoms with Gasteiger partial charge in [-0.1, -0.05) is 27.7 Å². The fraction of sp³-hybridized carbons (Fsp3) is 1.00. The first kappa shape index (κ1) is 15.7. The van der Waals surface area contributed by atoms with Gasteiger partial charge in [0.1, 0.15) is 0 Å². The van der Waals surface area contributed by atoms with Crippen molar-refractivity contribution in [3.63, 3.8) is 0 Å². The molecule has 0 aromatic carbocycles. The lowest BCUT2D eigenvalue weighted by Crippen LogP contribution is -2.52. The summed E-state index contributed by atoms with van der Waals surface area (Å²) in [6.07, 6.45) is 4.34. The number of nitrogens with one attached hydrogen (secondary N) is 1. The van der Waals surface area contributed by atoms with E-state index in [0.717, 1.165) is 45.5 Å². The second-order valence-corrected chi connectivity index (χ2v) is 8.51. The highest BCUT2D eigenvalue weighted by atomic mass is 16.5. The molecule has 0 aromatic rings. The molecule has 3 fully saturated rings. The Labute approximate surface area is 129 Å². The SMILES string of the molecule is CC1(C)C(C(NN)C2CCOC3(CCOCC3)C2)C1(C)C. The average molecular weight is 296 g/mol. The fourth-order valence-electron chi connectivity index (χ4n) is 5.11. The van der Waals surface area contributed by atoms with Gasteiger partial charge >= 0.3 is 0 Å². The molecule has 3 aliphatic rings. The molecule has 1 spiro atoms. The molecule has 3 rings (SSSR count). The number of rotatable bonds is 3. The first-order chi connectivity index (χ1) is 9.84. The quantitative estimate of drug-likeness (QED) is 0.620. The van der Waals surface area contributed by atoms with Crippen LogP contribution in [0.15, 0.2) is 0 Å². The minimum atomic E-state index is 0.0550. The third kappa shape index (κ3) is 2.44. The van der Waals surface area contributed by atoms with Gasteiger partial charge in [-0.15, -0.1) is 0 Å². The van der Waals surface area contributed by atoms with Crippen LogP contribution in [-0.4, -0.2) is 31.5 Å². The summed E-state index contributed by atoms with van der Waals surface area (Å²) in [6.45, 7) is 12.1. The molecule has 2 unspecified atom stereocenters. The van der Waals surface area contributed by atoms with Gasteiger partial charge in [0.05, 0.1) is 5.60 Å². The summed E-state index contributed by atoms with van der Waals surface area (Å²) in [5.74, 6) is 7.26. The Kier molecular flexibility index (Phi) is 3.89. The van der Waals surface area contributed by atoms with Crippen LogP contribution in [0, 0.1) is 22.7 Å². The summed E-state index contributed by atoms with van der Waals surface area (Å²) in [5, 5.41) is 0. The van der Waals surface area contributed by atoms with Crippen LogP contribution in [0.2, 0.25) is 0 Å². The van der Waals surface area contributed by atoms with E-state index in [1.54, 1.807) is 0 Å². The summed E-state index contributed by atoms with van der Waals surface area (Å²) in [4.78, 5) is 0. The highest BCUT2D eigenvalue weighted by Crippen LogP contribution is 2.70. The topological polar surface area (TPSA) is 56.5 Å². The molecule has 1 aliphatic carbocycles. The molecular formula is C17H32N2O2. The van der Waals surface area contributed by atoms with E-state index in [9.17, 15) is 0 Å². The maximum atomic E-state index is 6.19. The Morgan fingerprint density at radius 2 is 1.67 bits per heavy atom. The minimum Gasteiger partial charge on any atom is -0.381 e.